The average Bonchev–Trinajstić information content (AvgIpc) is 3.08. The van der Waals surface area contributed by atoms with Gasteiger partial charge in [-0.1, -0.05) is 0 Å². The second-order valence-corrected chi connectivity index (χ2v) is 7.22. The summed E-state index contributed by atoms with van der Waals surface area (Å²) in [6.45, 7) is 0. The zero-order valence-electron chi connectivity index (χ0n) is 15.2. The quantitative estimate of drug-likeness (QED) is 0.305. The highest BCUT2D eigenvalue weighted by atomic mass is 79.9. The van der Waals surface area contributed by atoms with Gasteiger partial charge in [0.25, 0.3) is 0 Å². The molecule has 0 fully saturated rings. The predicted molar refractivity (Wildman–Crippen MR) is 103 cm³/mol. The number of alkyl halides is 6. The molecule has 0 N–H and O–H groups in total. The second kappa shape index (κ2) is 7.52. The van der Waals surface area contributed by atoms with Crippen molar-refractivity contribution in [3.05, 3.63) is 76.9 Å². The maximum absolute atomic E-state index is 13.9. The molecular formula is C19H10BrF6N5. The van der Waals surface area contributed by atoms with E-state index < -0.39 is 29.4 Å². The van der Waals surface area contributed by atoms with Gasteiger partial charge in [-0.25, -0.2) is 15.0 Å². The number of anilines is 3. The Morgan fingerprint density at radius 1 is 0.871 bits per heavy atom. The molecule has 1 aromatic carbocycles. The predicted octanol–water partition coefficient (Wildman–Crippen LogP) is 6.39. The van der Waals surface area contributed by atoms with Crippen LogP contribution in [0.3, 0.4) is 0 Å². The first kappa shape index (κ1) is 21.1. The van der Waals surface area contributed by atoms with E-state index in [4.69, 9.17) is 0 Å². The molecule has 0 bridgehead atoms. The Morgan fingerprint density at radius 3 is 2.16 bits per heavy atom. The van der Waals surface area contributed by atoms with Crippen LogP contribution in [-0.2, 0) is 12.4 Å². The van der Waals surface area contributed by atoms with Gasteiger partial charge in [-0.05, 0) is 58.4 Å². The highest BCUT2D eigenvalue weighted by Gasteiger charge is 2.41. The number of aromatic nitrogens is 4. The molecule has 0 spiro atoms. The van der Waals surface area contributed by atoms with Gasteiger partial charge in [-0.3, -0.25) is 9.30 Å². The van der Waals surface area contributed by atoms with Crippen LogP contribution in [0.2, 0.25) is 0 Å². The smallest absolute Gasteiger partial charge is 0.284 e. The number of pyridine rings is 1. The first-order valence-corrected chi connectivity index (χ1v) is 9.33. The van der Waals surface area contributed by atoms with Gasteiger partial charge in [0.15, 0.2) is 11.5 Å². The number of benzene rings is 1. The van der Waals surface area contributed by atoms with Crippen molar-refractivity contribution in [1.82, 2.24) is 19.4 Å². The van der Waals surface area contributed by atoms with Gasteiger partial charge in [-0.2, -0.15) is 26.3 Å². The van der Waals surface area contributed by atoms with E-state index in [2.05, 4.69) is 30.9 Å². The van der Waals surface area contributed by atoms with Gasteiger partial charge >= 0.3 is 12.4 Å². The molecule has 31 heavy (non-hydrogen) atoms. The minimum Gasteiger partial charge on any atom is -0.284 e. The van der Waals surface area contributed by atoms with Crippen LogP contribution in [0, 0.1) is 0 Å². The molecule has 5 nitrogen and oxygen atoms in total. The normalized spacial score (nSPS) is 12.4. The molecule has 4 aromatic rings. The number of hydrogen-bond acceptors (Lipinski definition) is 4. The average molecular weight is 502 g/mol. The molecule has 3 aromatic heterocycles. The molecule has 4 rings (SSSR count). The fourth-order valence-electron chi connectivity index (χ4n) is 2.99. The lowest BCUT2D eigenvalue weighted by molar-refractivity contribution is -0.140. The van der Waals surface area contributed by atoms with Crippen molar-refractivity contribution in [2.45, 2.75) is 12.4 Å². The molecule has 0 unspecified atom stereocenters. The maximum atomic E-state index is 13.9. The minimum atomic E-state index is -4.84. The molecule has 0 amide bonds. The summed E-state index contributed by atoms with van der Waals surface area (Å²) in [4.78, 5) is 12.6. The Bertz CT molecular complexity index is 1220. The van der Waals surface area contributed by atoms with Crippen LogP contribution in [0.4, 0.5) is 43.7 Å². The summed E-state index contributed by atoms with van der Waals surface area (Å²) in [6.07, 6.45) is -5.62. The number of hydrogen-bond donors (Lipinski definition) is 0. The Morgan fingerprint density at radius 2 is 1.58 bits per heavy atom. The summed E-state index contributed by atoms with van der Waals surface area (Å²) in [6, 6.07) is 7.97. The molecule has 12 heteroatoms. The third kappa shape index (κ3) is 4.07. The lowest BCUT2D eigenvalue weighted by Gasteiger charge is -2.25. The van der Waals surface area contributed by atoms with Gasteiger partial charge < -0.3 is 0 Å². The van der Waals surface area contributed by atoms with E-state index in [1.54, 1.807) is 0 Å². The second-order valence-electron chi connectivity index (χ2n) is 6.30. The summed E-state index contributed by atoms with van der Waals surface area (Å²) in [5.41, 5.74) is -2.13. The van der Waals surface area contributed by atoms with Gasteiger partial charge in [-0.15, -0.1) is 0 Å². The molecule has 160 valence electrons. The van der Waals surface area contributed by atoms with Crippen LogP contribution in [0.15, 0.2) is 65.7 Å². The van der Waals surface area contributed by atoms with Crippen LogP contribution in [0.5, 0.6) is 0 Å². The number of halogens is 7. The van der Waals surface area contributed by atoms with E-state index in [1.807, 2.05) is 0 Å². The third-order valence-electron chi connectivity index (χ3n) is 4.29. The van der Waals surface area contributed by atoms with Crippen molar-refractivity contribution >= 4 is 38.9 Å². The number of fused-ring (bicyclic) bond motifs is 1. The van der Waals surface area contributed by atoms with Crippen molar-refractivity contribution in [2.24, 2.45) is 0 Å². The minimum absolute atomic E-state index is 0.00325. The highest BCUT2D eigenvalue weighted by Crippen LogP contribution is 2.43. The Kier molecular flexibility index (Phi) is 5.12. The highest BCUT2D eigenvalue weighted by molar-refractivity contribution is 9.10. The summed E-state index contributed by atoms with van der Waals surface area (Å²) in [5, 5.41) is 0. The zero-order valence-corrected chi connectivity index (χ0v) is 16.7. The topological polar surface area (TPSA) is 46.3 Å². The van der Waals surface area contributed by atoms with Gasteiger partial charge in [0.05, 0.1) is 5.56 Å². The summed E-state index contributed by atoms with van der Waals surface area (Å²) in [7, 11) is 0. The van der Waals surface area contributed by atoms with Crippen LogP contribution in [0.1, 0.15) is 11.3 Å². The van der Waals surface area contributed by atoms with Crippen LogP contribution < -0.4 is 4.90 Å². The van der Waals surface area contributed by atoms with Crippen molar-refractivity contribution in [3.63, 3.8) is 0 Å². The monoisotopic (exact) mass is 501 g/mol. The zero-order chi connectivity index (χ0) is 22.4. The first-order valence-electron chi connectivity index (χ1n) is 8.54. The Balaban J connectivity index is 2.02. The third-order valence-corrected chi connectivity index (χ3v) is 4.75. The SMILES string of the molecule is FC(F)(F)c1ccc(N(c2ccncn2)c2c(C(F)(F)F)nc3ccc(Br)cn23)cc1. The number of imidazole rings is 1. The summed E-state index contributed by atoms with van der Waals surface area (Å²) < 4.78 is 82.3. The van der Waals surface area contributed by atoms with Gasteiger partial charge in [0.2, 0.25) is 0 Å². The fraction of sp³-hybridized carbons (Fsp3) is 0.105. The molecule has 0 saturated carbocycles. The molecule has 0 radical (unpaired) electrons. The van der Waals surface area contributed by atoms with Crippen LogP contribution in [0.25, 0.3) is 5.65 Å². The van der Waals surface area contributed by atoms with Crippen LogP contribution in [-0.4, -0.2) is 19.4 Å². The fourth-order valence-corrected chi connectivity index (χ4v) is 3.33. The van der Waals surface area contributed by atoms with Gasteiger partial charge in [0, 0.05) is 22.6 Å². The summed E-state index contributed by atoms with van der Waals surface area (Å²) >= 11 is 3.22. The molecule has 0 atom stereocenters. The van der Waals surface area contributed by atoms with Crippen molar-refractivity contribution in [3.8, 4) is 0 Å². The van der Waals surface area contributed by atoms with E-state index in [9.17, 15) is 26.3 Å². The van der Waals surface area contributed by atoms with E-state index in [1.165, 1.54) is 35.0 Å². The van der Waals surface area contributed by atoms with Crippen molar-refractivity contribution in [2.75, 3.05) is 4.90 Å². The lowest BCUT2D eigenvalue weighted by Crippen LogP contribution is -2.19. The van der Waals surface area contributed by atoms with Crippen molar-refractivity contribution < 1.29 is 26.3 Å². The standard InChI is InChI=1S/C19H10BrF6N5/c20-12-3-6-15-29-16(19(24,25)26)17(30(15)9-12)31(14-7-8-27-10-28-14)13-4-1-11(2-5-13)18(21,22)23/h1-10H. The number of rotatable bonds is 3. The largest absolute Gasteiger partial charge is 0.437 e. The Hall–Kier alpha value is -3.15. The van der Waals surface area contributed by atoms with Crippen molar-refractivity contribution in [1.29, 1.82) is 0 Å². The van der Waals surface area contributed by atoms with E-state index in [-0.39, 0.29) is 17.2 Å². The molecule has 0 aliphatic heterocycles. The van der Waals surface area contributed by atoms with Gasteiger partial charge in [0.1, 0.15) is 17.8 Å². The van der Waals surface area contributed by atoms with E-state index in [0.717, 1.165) is 35.5 Å². The van der Waals surface area contributed by atoms with E-state index in [0.29, 0.717) is 4.47 Å². The van der Waals surface area contributed by atoms with E-state index >= 15 is 0 Å². The summed E-state index contributed by atoms with van der Waals surface area (Å²) in [5.74, 6) is -0.413. The molecule has 3 heterocycles. The molecule has 0 aliphatic carbocycles. The van der Waals surface area contributed by atoms with Crippen LogP contribution >= 0.6 is 15.9 Å². The number of nitrogens with zero attached hydrogens (tertiary/aromatic N) is 5. The Labute approximate surface area is 179 Å². The lowest BCUT2D eigenvalue weighted by atomic mass is 10.2. The molecule has 0 aliphatic rings. The maximum Gasteiger partial charge on any atom is 0.437 e. The molecular weight excluding hydrogens is 492 g/mol. The first-order chi connectivity index (χ1) is 14.6. The molecule has 0 saturated heterocycles.